The normalized spacial score (nSPS) is 12.3. The number of rotatable bonds is 5. The van der Waals surface area contributed by atoms with Crippen LogP contribution >= 0.6 is 0 Å². The van der Waals surface area contributed by atoms with Crippen LogP contribution in [0.15, 0.2) is 6.07 Å². The number of anilines is 2. The highest BCUT2D eigenvalue weighted by Gasteiger charge is 2.33. The fraction of sp³-hybridized carbons (Fsp3) is 0.600. The van der Waals surface area contributed by atoms with Crippen LogP contribution in [0.4, 0.5) is 38.1 Å². The largest absolute Gasteiger partial charge is 0.433 e. The quantitative estimate of drug-likeness (QED) is 0.647. The highest BCUT2D eigenvalue weighted by molar-refractivity contribution is 5.42. The van der Waals surface area contributed by atoms with Gasteiger partial charge in [0, 0.05) is 26.1 Å². The van der Waals surface area contributed by atoms with Crippen molar-refractivity contribution in [3.8, 4) is 0 Å². The van der Waals surface area contributed by atoms with Gasteiger partial charge in [-0.1, -0.05) is 0 Å². The molecule has 10 heteroatoms. The van der Waals surface area contributed by atoms with Crippen LogP contribution in [0.25, 0.3) is 0 Å². The molecule has 114 valence electrons. The van der Waals surface area contributed by atoms with Gasteiger partial charge in [-0.15, -0.1) is 0 Å². The van der Waals surface area contributed by atoms with Crippen LogP contribution in [0.1, 0.15) is 18.5 Å². The average Bonchev–Trinajstić information content (AvgIpc) is 2.32. The maximum absolute atomic E-state index is 12.5. The van der Waals surface area contributed by atoms with Crippen LogP contribution in [0.5, 0.6) is 0 Å². The maximum Gasteiger partial charge on any atom is 0.433 e. The van der Waals surface area contributed by atoms with Crippen molar-refractivity contribution in [1.29, 1.82) is 0 Å². The topological polar surface area (TPSA) is 49.8 Å². The Balaban J connectivity index is 2.70. The molecule has 1 aromatic heterocycles. The van der Waals surface area contributed by atoms with E-state index in [9.17, 15) is 26.3 Å². The smallest absolute Gasteiger partial charge is 0.370 e. The zero-order chi connectivity index (χ0) is 15.4. The lowest BCUT2D eigenvalue weighted by molar-refractivity contribution is -0.141. The molecule has 0 aliphatic carbocycles. The van der Waals surface area contributed by atoms with Crippen molar-refractivity contribution in [3.63, 3.8) is 0 Å². The number of alkyl halides is 6. The lowest BCUT2D eigenvalue weighted by Crippen LogP contribution is -2.14. The van der Waals surface area contributed by atoms with Gasteiger partial charge in [-0.2, -0.15) is 31.3 Å². The van der Waals surface area contributed by atoms with E-state index in [0.717, 1.165) is 0 Å². The Morgan fingerprint density at radius 1 is 1.10 bits per heavy atom. The van der Waals surface area contributed by atoms with Crippen LogP contribution < -0.4 is 10.6 Å². The molecule has 0 unspecified atom stereocenters. The summed E-state index contributed by atoms with van der Waals surface area (Å²) in [6.45, 7) is -0.142. The molecule has 20 heavy (non-hydrogen) atoms. The lowest BCUT2D eigenvalue weighted by Gasteiger charge is -2.12. The first-order valence-electron chi connectivity index (χ1n) is 5.56. The first-order chi connectivity index (χ1) is 9.12. The zero-order valence-electron chi connectivity index (χ0n) is 10.4. The molecule has 1 aromatic rings. The Labute approximate surface area is 110 Å². The fourth-order valence-corrected chi connectivity index (χ4v) is 1.30. The molecule has 2 N–H and O–H groups in total. The van der Waals surface area contributed by atoms with Crippen LogP contribution in [-0.4, -0.2) is 29.7 Å². The minimum atomic E-state index is -4.66. The van der Waals surface area contributed by atoms with E-state index in [4.69, 9.17) is 0 Å². The summed E-state index contributed by atoms with van der Waals surface area (Å²) in [5, 5.41) is 4.77. The number of aromatic nitrogens is 2. The standard InChI is InChI=1S/C10H12F6N4/c1-17-8-19-6(10(14,15)16)5-7(20-8)18-4-2-3-9(11,12)13/h5H,2-4H2,1H3,(H2,17,18,19,20). The third-order valence-corrected chi connectivity index (χ3v) is 2.18. The van der Waals surface area contributed by atoms with Crippen molar-refractivity contribution in [2.45, 2.75) is 25.2 Å². The van der Waals surface area contributed by atoms with E-state index in [-0.39, 0.29) is 24.7 Å². The minimum absolute atomic E-state index is 0.142. The molecule has 0 spiro atoms. The maximum atomic E-state index is 12.5. The van der Waals surface area contributed by atoms with E-state index in [0.29, 0.717) is 6.07 Å². The number of nitrogens with one attached hydrogen (secondary N) is 2. The summed E-state index contributed by atoms with van der Waals surface area (Å²) in [5.41, 5.74) is -1.17. The number of nitrogens with zero attached hydrogens (tertiary/aromatic N) is 2. The van der Waals surface area contributed by atoms with Gasteiger partial charge in [-0.25, -0.2) is 4.98 Å². The minimum Gasteiger partial charge on any atom is -0.370 e. The van der Waals surface area contributed by atoms with E-state index < -0.39 is 24.5 Å². The molecule has 0 saturated heterocycles. The molecule has 0 bridgehead atoms. The third kappa shape index (κ3) is 5.49. The molecule has 0 radical (unpaired) electrons. The molecule has 0 fully saturated rings. The van der Waals surface area contributed by atoms with Gasteiger partial charge in [0.05, 0.1) is 0 Å². The van der Waals surface area contributed by atoms with Gasteiger partial charge >= 0.3 is 12.4 Å². The van der Waals surface area contributed by atoms with Gasteiger partial charge in [0.1, 0.15) is 5.82 Å². The second-order valence-corrected chi connectivity index (χ2v) is 3.86. The molecule has 0 aromatic carbocycles. The Morgan fingerprint density at radius 3 is 2.25 bits per heavy atom. The number of hydrogen-bond acceptors (Lipinski definition) is 4. The van der Waals surface area contributed by atoms with E-state index in [2.05, 4.69) is 20.6 Å². The van der Waals surface area contributed by atoms with Crippen LogP contribution in [0.3, 0.4) is 0 Å². The molecule has 0 saturated carbocycles. The SMILES string of the molecule is CNc1nc(NCCCC(F)(F)F)cc(C(F)(F)F)n1. The first-order valence-corrected chi connectivity index (χ1v) is 5.56. The second kappa shape index (κ2) is 6.14. The first kappa shape index (κ1) is 16.3. The molecule has 0 atom stereocenters. The molecule has 1 heterocycles. The molecule has 0 aliphatic rings. The predicted octanol–water partition coefficient (Wildman–Crippen LogP) is 3.29. The lowest BCUT2D eigenvalue weighted by atomic mass is 10.3. The zero-order valence-corrected chi connectivity index (χ0v) is 10.4. The van der Waals surface area contributed by atoms with Crippen LogP contribution in [-0.2, 0) is 6.18 Å². The van der Waals surface area contributed by atoms with Gasteiger partial charge in [-0.05, 0) is 6.42 Å². The molecule has 0 aliphatic heterocycles. The van der Waals surface area contributed by atoms with Crippen molar-refractivity contribution in [2.75, 3.05) is 24.2 Å². The molecular formula is C10H12F6N4. The van der Waals surface area contributed by atoms with E-state index in [1.807, 2.05) is 0 Å². The van der Waals surface area contributed by atoms with E-state index in [1.54, 1.807) is 0 Å². The fourth-order valence-electron chi connectivity index (χ4n) is 1.30. The van der Waals surface area contributed by atoms with Crippen LogP contribution in [0.2, 0.25) is 0 Å². The van der Waals surface area contributed by atoms with Gasteiger partial charge in [-0.3, -0.25) is 0 Å². The monoisotopic (exact) mass is 302 g/mol. The van der Waals surface area contributed by atoms with Gasteiger partial charge < -0.3 is 10.6 Å². The summed E-state index contributed by atoms with van der Waals surface area (Å²) < 4.78 is 73.3. The van der Waals surface area contributed by atoms with Crippen molar-refractivity contribution in [2.24, 2.45) is 0 Å². The highest BCUT2D eigenvalue weighted by Crippen LogP contribution is 2.29. The van der Waals surface area contributed by atoms with Gasteiger partial charge in [0.25, 0.3) is 0 Å². The van der Waals surface area contributed by atoms with E-state index in [1.165, 1.54) is 7.05 Å². The van der Waals surface area contributed by atoms with Gasteiger partial charge in [0.15, 0.2) is 5.69 Å². The summed E-state index contributed by atoms with van der Waals surface area (Å²) in [5.74, 6) is -0.447. The Kier molecular flexibility index (Phi) is 5.01. The summed E-state index contributed by atoms with van der Waals surface area (Å²) in [6.07, 6.45) is -10.2. The highest BCUT2D eigenvalue weighted by atomic mass is 19.4. The Bertz CT molecular complexity index is 442. The van der Waals surface area contributed by atoms with Crippen molar-refractivity contribution < 1.29 is 26.3 Å². The number of halogens is 6. The van der Waals surface area contributed by atoms with Crippen molar-refractivity contribution in [1.82, 2.24) is 9.97 Å². The van der Waals surface area contributed by atoms with Gasteiger partial charge in [0.2, 0.25) is 5.95 Å². The molecule has 1 rings (SSSR count). The summed E-state index contributed by atoms with van der Waals surface area (Å²) in [6, 6.07) is 0.647. The average molecular weight is 302 g/mol. The molecule has 0 amide bonds. The Hall–Kier alpha value is -1.74. The van der Waals surface area contributed by atoms with E-state index >= 15 is 0 Å². The van der Waals surface area contributed by atoms with Crippen LogP contribution in [0, 0.1) is 0 Å². The van der Waals surface area contributed by atoms with Crippen molar-refractivity contribution in [3.05, 3.63) is 11.8 Å². The molecular weight excluding hydrogens is 290 g/mol. The second-order valence-electron chi connectivity index (χ2n) is 3.86. The van der Waals surface area contributed by atoms with Crippen molar-refractivity contribution >= 4 is 11.8 Å². The summed E-state index contributed by atoms with van der Waals surface area (Å²) >= 11 is 0. The third-order valence-electron chi connectivity index (χ3n) is 2.18. The predicted molar refractivity (Wildman–Crippen MR) is 60.4 cm³/mol. The summed E-state index contributed by atoms with van der Waals surface area (Å²) in [7, 11) is 1.34. The molecule has 4 nitrogen and oxygen atoms in total. The summed E-state index contributed by atoms with van der Waals surface area (Å²) in [4.78, 5) is 6.91. The Morgan fingerprint density at radius 2 is 1.75 bits per heavy atom. The number of hydrogen-bond donors (Lipinski definition) is 2.